The summed E-state index contributed by atoms with van der Waals surface area (Å²) in [4.78, 5) is 15.9. The van der Waals surface area contributed by atoms with Crippen LogP contribution in [0.25, 0.3) is 22.0 Å². The van der Waals surface area contributed by atoms with E-state index in [2.05, 4.69) is 4.98 Å². The van der Waals surface area contributed by atoms with Crippen LogP contribution in [-0.2, 0) is 0 Å². The Balaban J connectivity index is 0.00000176. The number of aromatic nitrogens is 1. The van der Waals surface area contributed by atoms with Crippen molar-refractivity contribution in [2.75, 3.05) is 0 Å². The molecule has 0 saturated carbocycles. The van der Waals surface area contributed by atoms with Gasteiger partial charge in [-0.3, -0.25) is 4.98 Å². The number of hydrogen-bond acceptors (Lipinski definition) is 3. The molecule has 0 fully saturated rings. The zero-order valence-electron chi connectivity index (χ0n) is 12.3. The molecule has 1 heterocycles. The summed E-state index contributed by atoms with van der Waals surface area (Å²) >= 11 is 6.06. The summed E-state index contributed by atoms with van der Waals surface area (Å²) in [7, 11) is 0. The lowest BCUT2D eigenvalue weighted by Gasteiger charge is -2.16. The van der Waals surface area contributed by atoms with E-state index in [1.807, 2.05) is 30.3 Å². The van der Waals surface area contributed by atoms with Crippen molar-refractivity contribution in [1.82, 2.24) is 11.1 Å². The number of carbonyl (C=O) groups is 1. The minimum Gasteiger partial charge on any atom is -0.545 e. The van der Waals surface area contributed by atoms with Gasteiger partial charge in [-0.2, -0.15) is 0 Å². The molecule has 0 aliphatic rings. The highest BCUT2D eigenvalue weighted by atomic mass is 35.5. The summed E-state index contributed by atoms with van der Waals surface area (Å²) in [5.74, 6) is -1.24. The lowest BCUT2D eigenvalue weighted by molar-refractivity contribution is -0.255. The third kappa shape index (κ3) is 2.66. The second-order valence-electron chi connectivity index (χ2n) is 4.76. The number of halogens is 1. The highest BCUT2D eigenvalue weighted by Crippen LogP contribution is 2.34. The summed E-state index contributed by atoms with van der Waals surface area (Å²) in [5, 5.41) is 12.8. The zero-order valence-corrected chi connectivity index (χ0v) is 13.0. The van der Waals surface area contributed by atoms with Crippen LogP contribution in [0.1, 0.15) is 16.1 Å². The van der Waals surface area contributed by atoms with E-state index in [9.17, 15) is 9.90 Å². The molecule has 3 rings (SSSR count). The maximum absolute atomic E-state index is 11.6. The van der Waals surface area contributed by atoms with E-state index in [0.717, 1.165) is 5.56 Å². The molecule has 0 amide bonds. The van der Waals surface area contributed by atoms with Gasteiger partial charge in [0.05, 0.1) is 11.5 Å². The normalized spacial score (nSPS) is 10.3. The monoisotopic (exact) mass is 314 g/mol. The van der Waals surface area contributed by atoms with Crippen LogP contribution in [0.5, 0.6) is 0 Å². The minimum atomic E-state index is -1.24. The summed E-state index contributed by atoms with van der Waals surface area (Å²) < 4.78 is 0. The van der Waals surface area contributed by atoms with E-state index in [1.54, 1.807) is 25.1 Å². The van der Waals surface area contributed by atoms with Crippen LogP contribution in [0.2, 0.25) is 5.02 Å². The van der Waals surface area contributed by atoms with Crippen LogP contribution in [0.3, 0.4) is 0 Å². The molecular weight excluding hydrogens is 300 g/mol. The molecule has 112 valence electrons. The maximum atomic E-state index is 11.6. The number of quaternary nitrogens is 1. The van der Waals surface area contributed by atoms with Gasteiger partial charge in [-0.1, -0.05) is 41.9 Å². The van der Waals surface area contributed by atoms with Gasteiger partial charge >= 0.3 is 0 Å². The summed E-state index contributed by atoms with van der Waals surface area (Å²) in [6.45, 7) is 1.67. The van der Waals surface area contributed by atoms with Crippen molar-refractivity contribution in [1.29, 1.82) is 0 Å². The van der Waals surface area contributed by atoms with Gasteiger partial charge in [0.2, 0.25) is 0 Å². The Hall–Kier alpha value is -2.43. The molecule has 22 heavy (non-hydrogen) atoms. The number of aromatic carboxylic acids is 1. The number of nitrogens with zero attached hydrogens (tertiary/aromatic N) is 1. The van der Waals surface area contributed by atoms with Crippen LogP contribution < -0.4 is 11.3 Å². The molecule has 5 heteroatoms. The number of carboxylic acids is 1. The molecule has 0 atom stereocenters. The predicted molar refractivity (Wildman–Crippen MR) is 87.2 cm³/mol. The van der Waals surface area contributed by atoms with Gasteiger partial charge in [-0.05, 0) is 30.7 Å². The molecule has 0 unspecified atom stereocenters. The lowest BCUT2D eigenvalue weighted by atomic mass is 9.94. The Bertz CT molecular complexity index is 848. The number of fused-ring (bicyclic) bond motifs is 1. The number of rotatable bonds is 2. The Morgan fingerprint density at radius 3 is 2.45 bits per heavy atom. The fraction of sp³-hybridized carbons (Fsp3) is 0.0588. The molecule has 0 aliphatic carbocycles. The van der Waals surface area contributed by atoms with Crippen molar-refractivity contribution in [3.05, 3.63) is 64.8 Å². The second kappa shape index (κ2) is 6.13. The van der Waals surface area contributed by atoms with Gasteiger partial charge in [0.25, 0.3) is 0 Å². The van der Waals surface area contributed by atoms with Crippen molar-refractivity contribution < 1.29 is 9.90 Å². The van der Waals surface area contributed by atoms with E-state index in [4.69, 9.17) is 11.6 Å². The van der Waals surface area contributed by atoms with Crippen molar-refractivity contribution >= 4 is 28.5 Å². The van der Waals surface area contributed by atoms with E-state index < -0.39 is 5.97 Å². The Labute approximate surface area is 133 Å². The fourth-order valence-corrected chi connectivity index (χ4v) is 2.68. The summed E-state index contributed by atoms with van der Waals surface area (Å²) in [6.07, 6.45) is 0. The predicted octanol–water partition coefficient (Wildman–Crippen LogP) is 3.60. The molecule has 0 aliphatic heterocycles. The molecule has 1 aromatic heterocycles. The molecule has 4 nitrogen and oxygen atoms in total. The second-order valence-corrected chi connectivity index (χ2v) is 5.20. The van der Waals surface area contributed by atoms with Crippen molar-refractivity contribution in [3.8, 4) is 11.1 Å². The Kier molecular flexibility index (Phi) is 4.45. The lowest BCUT2D eigenvalue weighted by Crippen LogP contribution is -2.24. The van der Waals surface area contributed by atoms with Crippen molar-refractivity contribution in [2.24, 2.45) is 0 Å². The van der Waals surface area contributed by atoms with Crippen LogP contribution in [0.15, 0.2) is 48.5 Å². The number of pyridine rings is 1. The van der Waals surface area contributed by atoms with E-state index >= 15 is 0 Å². The van der Waals surface area contributed by atoms with Crippen LogP contribution in [-0.4, -0.2) is 11.0 Å². The number of aryl methyl sites for hydroxylation is 1. The third-order valence-corrected chi connectivity index (χ3v) is 3.63. The van der Waals surface area contributed by atoms with Gasteiger partial charge in [0.15, 0.2) is 0 Å². The van der Waals surface area contributed by atoms with Crippen LogP contribution in [0.4, 0.5) is 0 Å². The van der Waals surface area contributed by atoms with Gasteiger partial charge in [0, 0.05) is 27.2 Å². The first-order valence-corrected chi connectivity index (χ1v) is 6.82. The Morgan fingerprint density at radius 1 is 1.14 bits per heavy atom. The first-order valence-electron chi connectivity index (χ1n) is 6.44. The zero-order chi connectivity index (χ0) is 15.0. The van der Waals surface area contributed by atoms with Crippen LogP contribution in [0, 0.1) is 6.92 Å². The quantitative estimate of drug-likeness (QED) is 0.783. The first kappa shape index (κ1) is 15.9. The van der Waals surface area contributed by atoms with Crippen LogP contribution >= 0.6 is 11.6 Å². The largest absolute Gasteiger partial charge is 0.545 e. The fourth-order valence-electron chi connectivity index (χ4n) is 2.51. The number of carbonyl (C=O) groups excluding carboxylic acids is 1. The molecule has 0 bridgehead atoms. The summed E-state index contributed by atoms with van der Waals surface area (Å²) in [5.41, 5.74) is 2.65. The first-order chi connectivity index (χ1) is 10.1. The molecule has 0 spiro atoms. The standard InChI is InChI=1S/C17H12ClNO2.H3N/c1-10-15(17(20)21)16(11-5-3-2-4-6-11)13-9-12(18)7-8-14(13)19-10;/h2-9H,1H3,(H,20,21);1H3. The maximum Gasteiger partial charge on any atom is 0.0740 e. The molecule has 0 saturated heterocycles. The average molecular weight is 315 g/mol. The van der Waals surface area contributed by atoms with Gasteiger partial charge in [-0.15, -0.1) is 0 Å². The SMILES string of the molecule is Cc1nc2ccc(Cl)cc2c(-c2ccccc2)c1C(=O)[O-].[NH4+]. The topological polar surface area (TPSA) is 89.5 Å². The average Bonchev–Trinajstić information content (AvgIpc) is 2.47. The Morgan fingerprint density at radius 2 is 1.82 bits per heavy atom. The van der Waals surface area contributed by atoms with Crippen molar-refractivity contribution in [2.45, 2.75) is 6.92 Å². The number of hydrogen-bond donors (Lipinski definition) is 1. The highest BCUT2D eigenvalue weighted by Gasteiger charge is 2.15. The van der Waals surface area contributed by atoms with Gasteiger partial charge in [-0.25, -0.2) is 0 Å². The third-order valence-electron chi connectivity index (χ3n) is 3.39. The number of carboxylic acid groups (broad SMARTS) is 1. The van der Waals surface area contributed by atoms with E-state index in [0.29, 0.717) is 27.2 Å². The summed E-state index contributed by atoms with van der Waals surface area (Å²) in [6, 6.07) is 14.6. The van der Waals surface area contributed by atoms with Crippen molar-refractivity contribution in [3.63, 3.8) is 0 Å². The van der Waals surface area contributed by atoms with Gasteiger partial charge in [0.1, 0.15) is 0 Å². The van der Waals surface area contributed by atoms with E-state index in [1.165, 1.54) is 0 Å². The minimum absolute atomic E-state index is 0. The molecule has 3 aromatic rings. The van der Waals surface area contributed by atoms with E-state index in [-0.39, 0.29) is 11.7 Å². The molecule has 4 N–H and O–H groups in total. The number of benzene rings is 2. The smallest absolute Gasteiger partial charge is 0.0740 e. The van der Waals surface area contributed by atoms with Gasteiger partial charge < -0.3 is 16.1 Å². The highest BCUT2D eigenvalue weighted by molar-refractivity contribution is 6.31. The molecule has 2 aromatic carbocycles. The molecular formula is C17H15ClN2O2. The molecule has 0 radical (unpaired) electrons.